The highest BCUT2D eigenvalue weighted by Crippen LogP contribution is 2.65. The van der Waals surface area contributed by atoms with Crippen molar-refractivity contribution in [3.8, 4) is 0 Å². The Bertz CT molecular complexity index is 1300. The van der Waals surface area contributed by atoms with Gasteiger partial charge >= 0.3 is 29.8 Å². The summed E-state index contributed by atoms with van der Waals surface area (Å²) in [5, 5.41) is 10.9. The number of carbonyl (C=O) groups excluding carboxylic acids is 6. The molecule has 1 N–H and O–H groups in total. The lowest BCUT2D eigenvalue weighted by Crippen LogP contribution is -2.57. The van der Waals surface area contributed by atoms with Gasteiger partial charge in [0.05, 0.1) is 18.1 Å². The van der Waals surface area contributed by atoms with E-state index in [-0.39, 0.29) is 49.4 Å². The van der Waals surface area contributed by atoms with E-state index in [0.29, 0.717) is 12.8 Å². The van der Waals surface area contributed by atoms with Crippen LogP contribution in [0.4, 0.5) is 0 Å². The Balaban J connectivity index is 1.71. The molecule has 4 aliphatic rings. The maximum atomic E-state index is 14.2. The third-order valence-electron chi connectivity index (χ3n) is 12.5. The van der Waals surface area contributed by atoms with Gasteiger partial charge in [0.15, 0.2) is 0 Å². The summed E-state index contributed by atoms with van der Waals surface area (Å²) in [4.78, 5) is 76.6. The molecule has 0 radical (unpaired) electrons. The Hall–Kier alpha value is -3.02. The third-order valence-corrected chi connectivity index (χ3v) is 12.5. The summed E-state index contributed by atoms with van der Waals surface area (Å²) in [5.74, 6) is -5.45. The topological polar surface area (TPSA) is 169 Å². The number of cyclic esters (lactones) is 1. The van der Waals surface area contributed by atoms with Gasteiger partial charge in [-0.15, -0.1) is 0 Å². The van der Waals surface area contributed by atoms with Crippen LogP contribution in [0.15, 0.2) is 0 Å². The molecule has 4 fully saturated rings. The van der Waals surface area contributed by atoms with E-state index in [0.717, 1.165) is 0 Å². The molecule has 0 unspecified atom stereocenters. The molecule has 0 spiro atoms. The summed E-state index contributed by atoms with van der Waals surface area (Å²) in [6.45, 7) is 16.1. The van der Waals surface area contributed by atoms with Gasteiger partial charge in [-0.25, -0.2) is 0 Å². The molecule has 3 aliphatic carbocycles. The van der Waals surface area contributed by atoms with E-state index in [1.54, 1.807) is 20.8 Å². The predicted octanol–water partition coefficient (Wildman–Crippen LogP) is 3.97. The lowest BCUT2D eigenvalue weighted by molar-refractivity contribution is -0.190. The second-order valence-corrected chi connectivity index (χ2v) is 15.9. The summed E-state index contributed by atoms with van der Waals surface area (Å²) in [7, 11) is 0. The molecule has 3 saturated carbocycles. The molecular formula is C36H54O12. The van der Waals surface area contributed by atoms with Crippen molar-refractivity contribution in [1.29, 1.82) is 0 Å². The number of hydrogen-bond acceptors (Lipinski definition) is 12. The number of rotatable bonds is 9. The fraction of sp³-hybridized carbons (Fsp3) is 0.833. The standard InChI is InChI=1S/C36H54O12/c1-17(31(47-21(5)39)32(48-22(6)40)18(2)34(7,8)43)25-13-27(41)30-23-16-44-33(42)26-14-28(45-19(3)37)29(46-20(4)38)15-36(26,10)24(23)11-12-35(25,30)9/h17-18,23-26,28-32,43H,11-16H2,1-10H3/t17-,18+,23+,24-,25+,26+,28-,29+,30+,31+,32+,35+,36+/m0/s1. The van der Waals surface area contributed by atoms with Crippen molar-refractivity contribution in [3.05, 3.63) is 0 Å². The van der Waals surface area contributed by atoms with E-state index in [9.17, 15) is 33.9 Å². The van der Waals surface area contributed by atoms with Crippen molar-refractivity contribution in [1.82, 2.24) is 0 Å². The van der Waals surface area contributed by atoms with Gasteiger partial charge in [-0.3, -0.25) is 28.8 Å². The molecule has 270 valence electrons. The molecule has 12 heteroatoms. The van der Waals surface area contributed by atoms with Crippen molar-refractivity contribution in [2.24, 2.45) is 52.3 Å². The number of fused-ring (bicyclic) bond motifs is 5. The van der Waals surface area contributed by atoms with Crippen LogP contribution in [0.3, 0.4) is 0 Å². The molecule has 1 saturated heterocycles. The number of carbonyl (C=O) groups is 6. The highest BCUT2D eigenvalue weighted by atomic mass is 16.6. The van der Waals surface area contributed by atoms with Crippen LogP contribution < -0.4 is 0 Å². The van der Waals surface area contributed by atoms with Gasteiger partial charge in [0.1, 0.15) is 30.2 Å². The smallest absolute Gasteiger partial charge is 0.309 e. The second kappa shape index (κ2) is 13.7. The zero-order chi connectivity index (χ0) is 36.1. The van der Waals surface area contributed by atoms with Crippen molar-refractivity contribution >= 4 is 35.6 Å². The van der Waals surface area contributed by atoms with Crippen LogP contribution in [0.1, 0.15) is 101 Å². The SMILES string of the molecule is CC(=O)O[C@H]([C@@H](C)[C@H]1CC(=O)[C@H]2[C@@H]3COC(=O)[C@H]4C[C@H](OC(C)=O)[C@H](OC(C)=O)C[C@]4(C)[C@H]3CC[C@]12C)[C@H](OC(C)=O)[C@@H](C)C(C)(C)O. The van der Waals surface area contributed by atoms with Crippen molar-refractivity contribution in [3.63, 3.8) is 0 Å². The largest absolute Gasteiger partial charge is 0.465 e. The predicted molar refractivity (Wildman–Crippen MR) is 170 cm³/mol. The zero-order valence-corrected chi connectivity index (χ0v) is 30.0. The molecule has 0 bridgehead atoms. The van der Waals surface area contributed by atoms with E-state index in [1.807, 2.05) is 13.8 Å². The Morgan fingerprint density at radius 2 is 1.44 bits per heavy atom. The number of ketones is 1. The monoisotopic (exact) mass is 678 g/mol. The normalized spacial score (nSPS) is 37.2. The Morgan fingerprint density at radius 3 is 1.98 bits per heavy atom. The van der Waals surface area contributed by atoms with Crippen LogP contribution in [0.2, 0.25) is 0 Å². The summed E-state index contributed by atoms with van der Waals surface area (Å²) < 4.78 is 28.8. The first-order valence-electron chi connectivity index (χ1n) is 17.2. The van der Waals surface area contributed by atoms with Crippen LogP contribution in [-0.2, 0) is 52.5 Å². The van der Waals surface area contributed by atoms with E-state index in [2.05, 4.69) is 6.92 Å². The van der Waals surface area contributed by atoms with Gasteiger partial charge in [0, 0.05) is 64.2 Å². The van der Waals surface area contributed by atoms with Crippen molar-refractivity contribution in [2.75, 3.05) is 6.61 Å². The minimum Gasteiger partial charge on any atom is -0.465 e. The van der Waals surface area contributed by atoms with Crippen molar-refractivity contribution in [2.45, 2.75) is 131 Å². The van der Waals surface area contributed by atoms with Gasteiger partial charge in [-0.05, 0) is 55.8 Å². The Morgan fingerprint density at radius 1 is 0.875 bits per heavy atom. The summed E-state index contributed by atoms with van der Waals surface area (Å²) in [5.41, 5.74) is -2.55. The van der Waals surface area contributed by atoms with E-state index in [1.165, 1.54) is 27.7 Å². The number of Topliss-reactive ketones (excluding diaryl/α,β-unsaturated/α-hetero) is 1. The van der Waals surface area contributed by atoms with Gasteiger partial charge in [0.2, 0.25) is 0 Å². The highest BCUT2D eigenvalue weighted by molar-refractivity contribution is 5.85. The van der Waals surface area contributed by atoms with Gasteiger partial charge in [0.25, 0.3) is 0 Å². The van der Waals surface area contributed by atoms with Crippen LogP contribution in [-0.4, -0.2) is 77.4 Å². The number of esters is 5. The number of ether oxygens (including phenoxy) is 5. The number of aliphatic hydroxyl groups is 1. The molecule has 0 aromatic heterocycles. The fourth-order valence-electron chi connectivity index (χ4n) is 10.00. The quantitative estimate of drug-likeness (QED) is 0.276. The minimum absolute atomic E-state index is 0.0356. The highest BCUT2D eigenvalue weighted by Gasteiger charge is 2.66. The Kier molecular flexibility index (Phi) is 10.8. The molecule has 0 amide bonds. The molecular weight excluding hydrogens is 624 g/mol. The molecule has 12 nitrogen and oxygen atoms in total. The van der Waals surface area contributed by atoms with Crippen LogP contribution in [0, 0.1) is 52.3 Å². The molecule has 1 aliphatic heterocycles. The molecule has 0 aromatic carbocycles. The molecule has 48 heavy (non-hydrogen) atoms. The minimum atomic E-state index is -1.27. The average Bonchev–Trinajstić information content (AvgIpc) is 3.17. The zero-order valence-electron chi connectivity index (χ0n) is 30.0. The third kappa shape index (κ3) is 7.14. The van der Waals surface area contributed by atoms with Crippen molar-refractivity contribution < 1.29 is 57.6 Å². The van der Waals surface area contributed by atoms with Gasteiger partial charge in [-0.2, -0.15) is 0 Å². The summed E-state index contributed by atoms with van der Waals surface area (Å²) >= 11 is 0. The van der Waals surface area contributed by atoms with E-state index in [4.69, 9.17) is 23.7 Å². The first-order valence-corrected chi connectivity index (χ1v) is 17.2. The second-order valence-electron chi connectivity index (χ2n) is 15.9. The molecule has 4 rings (SSSR count). The Labute approximate surface area is 283 Å². The van der Waals surface area contributed by atoms with E-state index >= 15 is 0 Å². The van der Waals surface area contributed by atoms with Crippen LogP contribution in [0.25, 0.3) is 0 Å². The molecule has 1 heterocycles. The summed E-state index contributed by atoms with van der Waals surface area (Å²) in [6, 6.07) is 0. The number of hydrogen-bond donors (Lipinski definition) is 1. The first-order chi connectivity index (χ1) is 22.1. The fourth-order valence-corrected chi connectivity index (χ4v) is 10.00. The average molecular weight is 679 g/mol. The van der Waals surface area contributed by atoms with Gasteiger partial charge < -0.3 is 28.8 Å². The first kappa shape index (κ1) is 37.8. The van der Waals surface area contributed by atoms with Crippen LogP contribution in [0.5, 0.6) is 0 Å². The summed E-state index contributed by atoms with van der Waals surface area (Å²) in [6.07, 6.45) is -1.54. The molecule has 13 atom stereocenters. The van der Waals surface area contributed by atoms with E-state index < -0.39 is 94.4 Å². The maximum Gasteiger partial charge on any atom is 0.309 e. The maximum absolute atomic E-state index is 14.2. The lowest BCUT2D eigenvalue weighted by atomic mass is 9.48. The van der Waals surface area contributed by atoms with Gasteiger partial charge in [-0.1, -0.05) is 27.7 Å². The lowest BCUT2D eigenvalue weighted by Gasteiger charge is -2.55. The van der Waals surface area contributed by atoms with Crippen LogP contribution >= 0.6 is 0 Å². The molecule has 0 aromatic rings.